The molecule has 0 saturated heterocycles. The number of rotatable bonds is 6. The minimum atomic E-state index is -0.128. The van der Waals surface area contributed by atoms with Crippen LogP contribution in [0.5, 0.6) is 0 Å². The number of nitrogens with zero attached hydrogens (tertiary/aromatic N) is 5. The first-order valence-corrected chi connectivity index (χ1v) is 10.5. The molecule has 0 aliphatic carbocycles. The van der Waals surface area contributed by atoms with Gasteiger partial charge in [0.15, 0.2) is 5.65 Å². The van der Waals surface area contributed by atoms with E-state index < -0.39 is 0 Å². The number of thiophene rings is 1. The van der Waals surface area contributed by atoms with Crippen molar-refractivity contribution in [2.75, 3.05) is 6.54 Å². The van der Waals surface area contributed by atoms with Gasteiger partial charge in [0, 0.05) is 26.3 Å². The van der Waals surface area contributed by atoms with Crippen LogP contribution in [0, 0.1) is 12.8 Å². The summed E-state index contributed by atoms with van der Waals surface area (Å²) < 4.78 is 3.51. The number of aromatic nitrogens is 5. The number of amides is 1. The number of nitrogens with one attached hydrogen (secondary N) is 1. The zero-order valence-corrected chi connectivity index (χ0v) is 18.0. The van der Waals surface area contributed by atoms with Crippen LogP contribution in [0.2, 0.25) is 5.02 Å². The number of fused-ring (bicyclic) bond motifs is 1. The second kappa shape index (κ2) is 7.96. The van der Waals surface area contributed by atoms with Gasteiger partial charge in [-0.1, -0.05) is 24.6 Å². The Morgan fingerprint density at radius 2 is 2.24 bits per heavy atom. The standard InChI is InChI=1S/C20H21ClN6OS/c1-12(10-27-11-14(21)9-23-27)8-22-20(28)15-7-16(17-5-4-6-29-17)24-19-18(15)13(2)25-26(19)3/h4-7,9,11-12H,8,10H2,1-3H3,(H,22,28). The number of hydrogen-bond acceptors (Lipinski definition) is 5. The van der Waals surface area contributed by atoms with Gasteiger partial charge in [-0.05, 0) is 30.4 Å². The van der Waals surface area contributed by atoms with E-state index >= 15 is 0 Å². The van der Waals surface area contributed by atoms with Crippen molar-refractivity contribution in [3.05, 3.63) is 52.3 Å². The van der Waals surface area contributed by atoms with Crippen molar-refractivity contribution < 1.29 is 4.79 Å². The average molecular weight is 429 g/mol. The molecule has 0 saturated carbocycles. The van der Waals surface area contributed by atoms with Gasteiger partial charge in [0.05, 0.1) is 38.4 Å². The minimum absolute atomic E-state index is 0.128. The van der Waals surface area contributed by atoms with Crippen molar-refractivity contribution in [1.29, 1.82) is 0 Å². The van der Waals surface area contributed by atoms with Gasteiger partial charge in [0.1, 0.15) is 0 Å². The van der Waals surface area contributed by atoms with E-state index in [1.807, 2.05) is 37.6 Å². The highest BCUT2D eigenvalue weighted by molar-refractivity contribution is 7.13. The second-order valence-corrected chi connectivity index (χ2v) is 8.52. The van der Waals surface area contributed by atoms with E-state index in [4.69, 9.17) is 16.6 Å². The molecule has 1 atom stereocenters. The Balaban J connectivity index is 1.59. The molecule has 4 aromatic heterocycles. The lowest BCUT2D eigenvalue weighted by molar-refractivity contribution is 0.0948. The van der Waals surface area contributed by atoms with Crippen LogP contribution in [0.3, 0.4) is 0 Å². The monoisotopic (exact) mass is 428 g/mol. The van der Waals surface area contributed by atoms with Crippen LogP contribution in [0.15, 0.2) is 36.0 Å². The number of carbonyl (C=O) groups is 1. The highest BCUT2D eigenvalue weighted by atomic mass is 35.5. The van der Waals surface area contributed by atoms with Crippen LogP contribution in [0.25, 0.3) is 21.6 Å². The molecule has 0 aliphatic heterocycles. The predicted molar refractivity (Wildman–Crippen MR) is 115 cm³/mol. The van der Waals surface area contributed by atoms with Gasteiger partial charge in [-0.3, -0.25) is 14.2 Å². The zero-order valence-electron chi connectivity index (χ0n) is 16.4. The van der Waals surface area contributed by atoms with Crippen molar-refractivity contribution in [3.8, 4) is 10.6 Å². The van der Waals surface area contributed by atoms with Crippen molar-refractivity contribution >= 4 is 39.9 Å². The fourth-order valence-corrected chi connectivity index (χ4v) is 4.20. The number of pyridine rings is 1. The third kappa shape index (κ3) is 4.04. The summed E-state index contributed by atoms with van der Waals surface area (Å²) in [5.74, 6) is 0.0654. The molecule has 1 amide bonds. The van der Waals surface area contributed by atoms with Gasteiger partial charge in [-0.2, -0.15) is 10.2 Å². The van der Waals surface area contributed by atoms with E-state index in [1.165, 1.54) is 0 Å². The molecule has 0 bridgehead atoms. The molecule has 0 spiro atoms. The first kappa shape index (κ1) is 19.6. The summed E-state index contributed by atoms with van der Waals surface area (Å²) >= 11 is 7.51. The molecule has 0 fully saturated rings. The SMILES string of the molecule is Cc1nn(C)c2nc(-c3cccs3)cc(C(=O)NCC(C)Cn3cc(Cl)cn3)c12. The van der Waals surface area contributed by atoms with Gasteiger partial charge in [0.25, 0.3) is 5.91 Å². The summed E-state index contributed by atoms with van der Waals surface area (Å²) in [6.07, 6.45) is 3.39. The maximum atomic E-state index is 13.1. The van der Waals surface area contributed by atoms with Gasteiger partial charge in [-0.25, -0.2) is 4.98 Å². The lowest BCUT2D eigenvalue weighted by atomic mass is 10.1. The predicted octanol–water partition coefficient (Wildman–Crippen LogP) is 3.92. The maximum absolute atomic E-state index is 13.1. The van der Waals surface area contributed by atoms with E-state index in [2.05, 4.69) is 22.4 Å². The molecule has 1 N–H and O–H groups in total. The summed E-state index contributed by atoms with van der Waals surface area (Å²) in [6.45, 7) is 5.15. The van der Waals surface area contributed by atoms with Crippen LogP contribution >= 0.6 is 22.9 Å². The summed E-state index contributed by atoms with van der Waals surface area (Å²) in [6, 6.07) is 5.83. The highest BCUT2D eigenvalue weighted by Gasteiger charge is 2.20. The normalized spacial score (nSPS) is 12.4. The van der Waals surface area contributed by atoms with E-state index in [0.29, 0.717) is 29.3 Å². The van der Waals surface area contributed by atoms with Gasteiger partial charge < -0.3 is 5.32 Å². The van der Waals surface area contributed by atoms with Gasteiger partial charge >= 0.3 is 0 Å². The van der Waals surface area contributed by atoms with E-state index in [0.717, 1.165) is 21.7 Å². The first-order chi connectivity index (χ1) is 13.9. The largest absolute Gasteiger partial charge is 0.352 e. The van der Waals surface area contributed by atoms with Crippen LogP contribution in [-0.2, 0) is 13.6 Å². The smallest absolute Gasteiger partial charge is 0.252 e. The molecule has 7 nitrogen and oxygen atoms in total. The van der Waals surface area contributed by atoms with Crippen LogP contribution in [-0.4, -0.2) is 37.0 Å². The van der Waals surface area contributed by atoms with Crippen molar-refractivity contribution in [1.82, 2.24) is 29.9 Å². The topological polar surface area (TPSA) is 77.6 Å². The van der Waals surface area contributed by atoms with Crippen molar-refractivity contribution in [3.63, 3.8) is 0 Å². The molecular weight excluding hydrogens is 408 g/mol. The number of carbonyl (C=O) groups excluding carboxylic acids is 1. The Morgan fingerprint density at radius 1 is 1.41 bits per heavy atom. The molecule has 1 unspecified atom stereocenters. The fraction of sp³-hybridized carbons (Fsp3) is 0.300. The lowest BCUT2D eigenvalue weighted by Gasteiger charge is -2.14. The fourth-order valence-electron chi connectivity index (χ4n) is 3.36. The average Bonchev–Trinajstić information content (AvgIpc) is 3.41. The minimum Gasteiger partial charge on any atom is -0.352 e. The van der Waals surface area contributed by atoms with Crippen molar-refractivity contribution in [2.24, 2.45) is 13.0 Å². The Labute approximate surface area is 177 Å². The zero-order chi connectivity index (χ0) is 20.5. The molecule has 0 aromatic carbocycles. The maximum Gasteiger partial charge on any atom is 0.252 e. The third-order valence-corrected chi connectivity index (χ3v) is 5.79. The number of halogens is 1. The molecular formula is C20H21ClN6OS. The third-order valence-electron chi connectivity index (χ3n) is 4.70. The Bertz CT molecular complexity index is 1160. The number of aryl methyl sites for hydroxylation is 2. The van der Waals surface area contributed by atoms with E-state index in [1.54, 1.807) is 33.1 Å². The van der Waals surface area contributed by atoms with Crippen LogP contribution in [0.4, 0.5) is 0 Å². The summed E-state index contributed by atoms with van der Waals surface area (Å²) in [5, 5.41) is 15.1. The summed E-state index contributed by atoms with van der Waals surface area (Å²) in [4.78, 5) is 18.8. The molecule has 4 aromatic rings. The Hall–Kier alpha value is -2.71. The van der Waals surface area contributed by atoms with Crippen LogP contribution < -0.4 is 5.32 Å². The lowest BCUT2D eigenvalue weighted by Crippen LogP contribution is -2.30. The molecule has 29 heavy (non-hydrogen) atoms. The summed E-state index contributed by atoms with van der Waals surface area (Å²) in [7, 11) is 1.85. The molecule has 4 rings (SSSR count). The van der Waals surface area contributed by atoms with Gasteiger partial charge in [0.2, 0.25) is 0 Å². The molecule has 9 heteroatoms. The van der Waals surface area contributed by atoms with Crippen molar-refractivity contribution in [2.45, 2.75) is 20.4 Å². The number of hydrogen-bond donors (Lipinski definition) is 1. The molecule has 4 heterocycles. The molecule has 150 valence electrons. The van der Waals surface area contributed by atoms with Crippen LogP contribution in [0.1, 0.15) is 23.0 Å². The highest BCUT2D eigenvalue weighted by Crippen LogP contribution is 2.29. The second-order valence-electron chi connectivity index (χ2n) is 7.14. The Kier molecular flexibility index (Phi) is 5.38. The quantitative estimate of drug-likeness (QED) is 0.505. The van der Waals surface area contributed by atoms with E-state index in [9.17, 15) is 4.79 Å². The summed E-state index contributed by atoms with van der Waals surface area (Å²) in [5.41, 5.74) is 2.87. The molecule has 0 aliphatic rings. The van der Waals surface area contributed by atoms with E-state index in [-0.39, 0.29) is 11.8 Å². The Morgan fingerprint density at radius 3 is 2.93 bits per heavy atom. The first-order valence-electron chi connectivity index (χ1n) is 9.26. The van der Waals surface area contributed by atoms with Gasteiger partial charge in [-0.15, -0.1) is 11.3 Å². The molecule has 0 radical (unpaired) electrons.